The second kappa shape index (κ2) is 9.73. The Labute approximate surface area is 233 Å². The van der Waals surface area contributed by atoms with E-state index in [4.69, 9.17) is 0 Å². The molecule has 8 heteroatoms. The Bertz CT molecular complexity index is 1600. The van der Waals surface area contributed by atoms with E-state index in [0.717, 1.165) is 58.7 Å². The van der Waals surface area contributed by atoms with E-state index in [9.17, 15) is 9.00 Å². The van der Waals surface area contributed by atoms with Gasteiger partial charge in [0.2, 0.25) is 0 Å². The fourth-order valence-electron chi connectivity index (χ4n) is 6.86. The molecule has 39 heavy (non-hydrogen) atoms. The van der Waals surface area contributed by atoms with Crippen LogP contribution in [-0.4, -0.2) is 29.8 Å². The van der Waals surface area contributed by atoms with Crippen LogP contribution in [0.5, 0.6) is 0 Å². The number of nitrogens with zero attached hydrogens (tertiary/aromatic N) is 4. The first-order valence-electron chi connectivity index (χ1n) is 13.5. The van der Waals surface area contributed by atoms with Crippen molar-refractivity contribution in [1.82, 2.24) is 19.3 Å². The third-order valence-electron chi connectivity index (χ3n) is 8.58. The zero-order valence-electron chi connectivity index (χ0n) is 24.3. The molecule has 0 spiro atoms. The molecule has 3 aromatic rings. The van der Waals surface area contributed by atoms with E-state index < -0.39 is 10.8 Å². The maximum atomic E-state index is 13.4. The van der Waals surface area contributed by atoms with E-state index in [-0.39, 0.29) is 22.4 Å². The van der Waals surface area contributed by atoms with Gasteiger partial charge in [-0.3, -0.25) is 13.7 Å². The number of hydrogen-bond acceptors (Lipinski definition) is 5. The van der Waals surface area contributed by atoms with Crippen molar-refractivity contribution in [2.45, 2.75) is 75.8 Å². The molecule has 1 unspecified atom stereocenters. The second-order valence-corrected chi connectivity index (χ2v) is 13.1. The summed E-state index contributed by atoms with van der Waals surface area (Å²) >= 11 is 0. The second-order valence-electron chi connectivity index (χ2n) is 11.8. The molecule has 3 fully saturated rings. The summed E-state index contributed by atoms with van der Waals surface area (Å²) in [5, 5.41) is 8.69. The minimum Gasteiger partial charge on any atom is -0.376 e. The molecule has 7 nitrogen and oxygen atoms in total. The highest BCUT2D eigenvalue weighted by atomic mass is 32.2. The molecule has 2 atom stereocenters. The molecular formula is C31H39N5O2S. The molecule has 3 aliphatic carbocycles. The number of aryl methyl sites for hydroxylation is 5. The van der Waals surface area contributed by atoms with Gasteiger partial charge >= 0.3 is 0 Å². The number of hydrogen-bond donors (Lipinski definition) is 1. The van der Waals surface area contributed by atoms with Crippen molar-refractivity contribution in [3.8, 4) is 0 Å². The van der Waals surface area contributed by atoms with E-state index in [1.165, 1.54) is 5.56 Å². The Morgan fingerprint density at radius 2 is 1.69 bits per heavy atom. The van der Waals surface area contributed by atoms with Gasteiger partial charge in [-0.2, -0.15) is 5.10 Å². The number of rotatable bonds is 6. The normalized spacial score (nSPS) is 22.8. The SMILES string of the molecule is Cc1cc([C@@H](C)Nc2ccc(C)nc2S(C)=O)ccc(C23CC(c4cn(C)nc4C)(C2)C3)n(C)c(=O)c(C)c1. The molecule has 3 aromatic heterocycles. The van der Waals surface area contributed by atoms with Crippen LogP contribution in [0.1, 0.15) is 71.6 Å². The highest BCUT2D eigenvalue weighted by Crippen LogP contribution is 2.74. The van der Waals surface area contributed by atoms with Gasteiger partial charge in [-0.25, -0.2) is 4.98 Å². The molecule has 0 saturated heterocycles. The average molecular weight is 546 g/mol. The standard InChI is InChI=1S/C31H39N5O2S/c1-19-13-20(2)29(37)36(7)27(31-16-30(17-31,18-31)25-15-35(6)34-23(25)5)12-10-24(14-19)22(4)33-26-11-9-21(3)32-28(26)39(8)38/h9-15,22,33H,16-18H2,1-8H3/t22-,30?,31?,39?/m1/s1. The number of pyridine rings is 1. The van der Waals surface area contributed by atoms with Gasteiger partial charge in [-0.05, 0) is 83.2 Å². The van der Waals surface area contributed by atoms with Gasteiger partial charge in [0.05, 0.1) is 22.2 Å². The smallest absolute Gasteiger partial charge is 0.253 e. The van der Waals surface area contributed by atoms with Gasteiger partial charge in [-0.15, -0.1) is 0 Å². The molecule has 3 aliphatic rings. The zero-order chi connectivity index (χ0) is 28.3. The summed E-state index contributed by atoms with van der Waals surface area (Å²) in [6.45, 7) is 10.0. The molecule has 206 valence electrons. The Hall–Kier alpha value is -3.26. The topological polar surface area (TPSA) is 81.8 Å². The van der Waals surface area contributed by atoms with Crippen LogP contribution in [0.3, 0.4) is 0 Å². The fourth-order valence-corrected chi connectivity index (χ4v) is 7.57. The lowest BCUT2D eigenvalue weighted by molar-refractivity contribution is -0.0749. The lowest BCUT2D eigenvalue weighted by Crippen LogP contribution is -2.68. The van der Waals surface area contributed by atoms with E-state index in [1.807, 2.05) is 62.3 Å². The largest absolute Gasteiger partial charge is 0.376 e. The van der Waals surface area contributed by atoms with E-state index in [1.54, 1.807) is 6.26 Å². The van der Waals surface area contributed by atoms with Crippen molar-refractivity contribution >= 4 is 16.5 Å². The molecule has 0 amide bonds. The number of anilines is 1. The highest BCUT2D eigenvalue weighted by molar-refractivity contribution is 7.84. The number of aromatic nitrogens is 4. The van der Waals surface area contributed by atoms with E-state index in [2.05, 4.69) is 53.6 Å². The van der Waals surface area contributed by atoms with Crippen LogP contribution in [0.25, 0.3) is 0 Å². The Morgan fingerprint density at radius 3 is 2.31 bits per heavy atom. The Kier molecular flexibility index (Phi) is 6.82. The van der Waals surface area contributed by atoms with Gasteiger partial charge in [0.15, 0.2) is 0 Å². The first-order chi connectivity index (χ1) is 18.3. The van der Waals surface area contributed by atoms with E-state index >= 15 is 0 Å². The minimum atomic E-state index is -1.21. The summed E-state index contributed by atoms with van der Waals surface area (Å²) in [4.78, 5) is 17.9. The monoisotopic (exact) mass is 545 g/mol. The van der Waals surface area contributed by atoms with Crippen molar-refractivity contribution in [3.63, 3.8) is 0 Å². The van der Waals surface area contributed by atoms with Gasteiger partial charge < -0.3 is 9.88 Å². The fraction of sp³-hybridized carbons (Fsp3) is 0.452. The lowest BCUT2D eigenvalue weighted by Gasteiger charge is -2.71. The van der Waals surface area contributed by atoms with Crippen LogP contribution in [0.4, 0.5) is 5.69 Å². The summed E-state index contributed by atoms with van der Waals surface area (Å²) in [5.74, 6) is 0. The first-order valence-corrected chi connectivity index (χ1v) is 15.1. The van der Waals surface area contributed by atoms with Crippen LogP contribution >= 0.6 is 0 Å². The third kappa shape index (κ3) is 4.73. The van der Waals surface area contributed by atoms with Gasteiger partial charge in [0.25, 0.3) is 5.56 Å². The van der Waals surface area contributed by atoms with Crippen LogP contribution < -0.4 is 10.9 Å². The zero-order valence-corrected chi connectivity index (χ0v) is 25.1. The molecule has 2 bridgehead atoms. The number of nitrogens with one attached hydrogen (secondary N) is 1. The van der Waals surface area contributed by atoms with Crippen molar-refractivity contribution in [3.05, 3.63) is 92.3 Å². The molecular weight excluding hydrogens is 506 g/mol. The molecule has 0 aromatic carbocycles. The predicted octanol–water partition coefficient (Wildman–Crippen LogP) is 5.16. The minimum absolute atomic E-state index is 0.00361. The van der Waals surface area contributed by atoms with Crippen LogP contribution in [0.15, 0.2) is 52.4 Å². The summed E-state index contributed by atoms with van der Waals surface area (Å²) in [6.07, 6.45) is 6.92. The van der Waals surface area contributed by atoms with Gasteiger partial charge in [0, 0.05) is 60.4 Å². The van der Waals surface area contributed by atoms with Gasteiger partial charge in [0.1, 0.15) is 5.03 Å². The van der Waals surface area contributed by atoms with Crippen LogP contribution in [0.2, 0.25) is 0 Å². The summed E-state index contributed by atoms with van der Waals surface area (Å²) in [7, 11) is 2.68. The molecule has 6 rings (SSSR count). The van der Waals surface area contributed by atoms with Crippen LogP contribution in [0, 0.1) is 27.7 Å². The molecule has 0 aliphatic heterocycles. The molecule has 1 N–H and O–H groups in total. The molecule has 0 radical (unpaired) electrons. The maximum absolute atomic E-state index is 13.4. The molecule has 3 saturated carbocycles. The summed E-state index contributed by atoms with van der Waals surface area (Å²) < 4.78 is 16.2. The average Bonchev–Trinajstić information content (AvgIpc) is 3.15. The van der Waals surface area contributed by atoms with Crippen molar-refractivity contribution in [2.75, 3.05) is 11.6 Å². The summed E-state index contributed by atoms with van der Waals surface area (Å²) in [5.41, 5.74) is 8.15. The quantitative estimate of drug-likeness (QED) is 0.463. The molecule has 3 heterocycles. The Morgan fingerprint density at radius 1 is 1.00 bits per heavy atom. The maximum Gasteiger partial charge on any atom is 0.253 e. The van der Waals surface area contributed by atoms with Gasteiger partial charge in [-0.1, -0.05) is 23.8 Å². The highest BCUT2D eigenvalue weighted by Gasteiger charge is 2.70. The van der Waals surface area contributed by atoms with Crippen LogP contribution in [-0.2, 0) is 35.7 Å². The van der Waals surface area contributed by atoms with Crippen molar-refractivity contribution in [1.29, 1.82) is 0 Å². The van der Waals surface area contributed by atoms with Crippen molar-refractivity contribution < 1.29 is 4.21 Å². The van der Waals surface area contributed by atoms with Crippen molar-refractivity contribution in [2.24, 2.45) is 14.1 Å². The third-order valence-corrected chi connectivity index (χ3v) is 9.43. The first kappa shape index (κ1) is 27.3. The Balaban J connectivity index is 1.56. The lowest BCUT2D eigenvalue weighted by atomic mass is 9.32. The predicted molar refractivity (Wildman–Crippen MR) is 157 cm³/mol. The summed E-state index contributed by atoms with van der Waals surface area (Å²) in [6, 6.07) is 12.2. The van der Waals surface area contributed by atoms with E-state index in [0.29, 0.717) is 5.03 Å².